The molecule has 12 rings (SSSR count). The Labute approximate surface area is 335 Å². The second kappa shape index (κ2) is 12.5. The van der Waals surface area contributed by atoms with Crippen molar-refractivity contribution in [2.75, 3.05) is 0 Å². The van der Waals surface area contributed by atoms with E-state index in [0.29, 0.717) is 5.54 Å². The molecule has 268 valence electrons. The monoisotopic (exact) mass is 757 g/mol. The van der Waals surface area contributed by atoms with Gasteiger partial charge in [-0.1, -0.05) is 194 Å². The van der Waals surface area contributed by atoms with Gasteiger partial charge in [-0.25, -0.2) is 0 Å². The average Bonchev–Trinajstić information content (AvgIpc) is 3.90. The second-order valence-electron chi connectivity index (χ2n) is 15.9. The lowest BCUT2D eigenvalue weighted by atomic mass is 10.0. The van der Waals surface area contributed by atoms with Crippen LogP contribution in [0.3, 0.4) is 0 Å². The summed E-state index contributed by atoms with van der Waals surface area (Å²) in [5, 5.41) is 11.8. The summed E-state index contributed by atoms with van der Waals surface area (Å²) in [7, 11) is -5.25. The van der Waals surface area contributed by atoms with E-state index in [0.717, 1.165) is 6.42 Å². The van der Waals surface area contributed by atoms with Crippen LogP contribution in [-0.2, 0) is 6.42 Å². The highest BCUT2D eigenvalue weighted by molar-refractivity contribution is 7.22. The summed E-state index contributed by atoms with van der Waals surface area (Å²) in [4.78, 5) is 0. The van der Waals surface area contributed by atoms with Crippen LogP contribution in [0.15, 0.2) is 212 Å². The van der Waals surface area contributed by atoms with Crippen LogP contribution in [0.2, 0.25) is 5.54 Å². The van der Waals surface area contributed by atoms with E-state index in [1.165, 1.54) is 86.4 Å². The molecule has 0 fully saturated rings. The molecule has 0 amide bonds. The van der Waals surface area contributed by atoms with Crippen molar-refractivity contribution in [1.82, 2.24) is 4.57 Å². The number of benzene rings is 8. The first kappa shape index (κ1) is 32.7. The molecular formula is C54H39NSi2. The molecule has 1 nitrogen and oxygen atoms in total. The van der Waals surface area contributed by atoms with Gasteiger partial charge in [0.15, 0.2) is 16.1 Å². The Kier molecular flexibility index (Phi) is 7.16. The minimum absolute atomic E-state index is 0.323. The van der Waals surface area contributed by atoms with Gasteiger partial charge in [-0.2, -0.15) is 0 Å². The van der Waals surface area contributed by atoms with Gasteiger partial charge in [0.05, 0.1) is 5.52 Å². The molecule has 0 radical (unpaired) electrons. The third kappa shape index (κ3) is 4.38. The van der Waals surface area contributed by atoms with E-state index in [4.69, 9.17) is 0 Å². The summed E-state index contributed by atoms with van der Waals surface area (Å²) in [5.74, 6) is 0. The predicted octanol–water partition coefficient (Wildman–Crippen LogP) is 8.08. The number of rotatable bonds is 5. The van der Waals surface area contributed by atoms with Crippen molar-refractivity contribution >= 4 is 69.4 Å². The minimum Gasteiger partial charge on any atom is -0.310 e. The third-order valence-electron chi connectivity index (χ3n) is 13.4. The largest absolute Gasteiger partial charge is 0.310 e. The van der Waals surface area contributed by atoms with Gasteiger partial charge in [-0.05, 0) is 100 Å². The lowest BCUT2D eigenvalue weighted by Gasteiger charge is -2.38. The van der Waals surface area contributed by atoms with Crippen LogP contribution in [0.25, 0.3) is 44.9 Å². The van der Waals surface area contributed by atoms with Crippen molar-refractivity contribution in [3.05, 3.63) is 224 Å². The maximum Gasteiger partial charge on any atom is 0.180 e. The lowest BCUT2D eigenvalue weighted by molar-refractivity contribution is 0.943. The molecule has 0 saturated carbocycles. The van der Waals surface area contributed by atoms with E-state index < -0.39 is 16.1 Å². The third-order valence-corrected chi connectivity index (χ3v) is 23.6. The maximum atomic E-state index is 2.63. The molecule has 3 heteroatoms. The van der Waals surface area contributed by atoms with Crippen molar-refractivity contribution < 1.29 is 0 Å². The highest BCUT2D eigenvalue weighted by Gasteiger charge is 2.53. The quantitative estimate of drug-likeness (QED) is 0.157. The van der Waals surface area contributed by atoms with Gasteiger partial charge in [0.1, 0.15) is 0 Å². The van der Waals surface area contributed by atoms with E-state index in [1.807, 2.05) is 0 Å². The van der Waals surface area contributed by atoms with E-state index in [2.05, 4.69) is 223 Å². The summed E-state index contributed by atoms with van der Waals surface area (Å²) in [6, 6.07) is 78.6. The fraction of sp³-hybridized carbons (Fsp3) is 0.0370. The number of hydrogen-bond acceptors (Lipinski definition) is 0. The van der Waals surface area contributed by atoms with Crippen LogP contribution >= 0.6 is 0 Å². The lowest BCUT2D eigenvalue weighted by Crippen LogP contribution is -2.72. The molecule has 2 aliphatic heterocycles. The molecule has 0 saturated heterocycles. The van der Waals surface area contributed by atoms with Gasteiger partial charge < -0.3 is 4.57 Å². The van der Waals surface area contributed by atoms with Crippen LogP contribution in [-0.4, -0.2) is 20.7 Å². The number of hydrogen-bond donors (Lipinski definition) is 0. The predicted molar refractivity (Wildman–Crippen MR) is 245 cm³/mol. The van der Waals surface area contributed by atoms with E-state index >= 15 is 0 Å². The van der Waals surface area contributed by atoms with Gasteiger partial charge in [0.2, 0.25) is 0 Å². The Hall–Kier alpha value is -6.53. The SMILES string of the molecule is C1=CC([Si]2(c3ccccc3)c3ccccc3-c3ccccc32)Cc2c1n(-c1ccccc1)c1ccc([Si]3(c4ccccc4)c4ccccc4-c4ccccc43)cc21. The van der Waals surface area contributed by atoms with Gasteiger partial charge in [-0.15, -0.1) is 0 Å². The molecule has 1 unspecified atom stereocenters. The molecule has 0 spiro atoms. The fourth-order valence-corrected chi connectivity index (χ4v) is 22.2. The Balaban J connectivity index is 1.14. The second-order valence-corrected chi connectivity index (χ2v) is 23.7. The van der Waals surface area contributed by atoms with Crippen molar-refractivity contribution in [3.63, 3.8) is 0 Å². The first-order valence-corrected chi connectivity index (χ1v) is 24.3. The summed E-state index contributed by atoms with van der Waals surface area (Å²) in [5.41, 5.74) is 11.2. The zero-order valence-electron chi connectivity index (χ0n) is 31.5. The van der Waals surface area contributed by atoms with E-state index in [9.17, 15) is 0 Å². The molecule has 1 aromatic heterocycles. The summed E-state index contributed by atoms with van der Waals surface area (Å²) in [6.45, 7) is 0. The van der Waals surface area contributed by atoms with Crippen LogP contribution in [0.1, 0.15) is 11.3 Å². The molecular weight excluding hydrogens is 719 g/mol. The first-order valence-electron chi connectivity index (χ1n) is 20.2. The van der Waals surface area contributed by atoms with Crippen molar-refractivity contribution in [3.8, 4) is 27.9 Å². The van der Waals surface area contributed by atoms with E-state index in [1.54, 1.807) is 0 Å². The number of allylic oxidation sites excluding steroid dienone is 1. The molecule has 1 aliphatic carbocycles. The normalized spacial score (nSPS) is 16.4. The minimum atomic E-state index is -2.68. The first-order chi connectivity index (χ1) is 28.3. The number of aromatic nitrogens is 1. The zero-order valence-corrected chi connectivity index (χ0v) is 33.5. The van der Waals surface area contributed by atoms with Crippen molar-refractivity contribution in [1.29, 1.82) is 0 Å². The van der Waals surface area contributed by atoms with Crippen molar-refractivity contribution in [2.24, 2.45) is 0 Å². The topological polar surface area (TPSA) is 4.93 Å². The Morgan fingerprint density at radius 1 is 0.421 bits per heavy atom. The molecule has 0 bridgehead atoms. The summed E-state index contributed by atoms with van der Waals surface area (Å²) >= 11 is 0. The Bertz CT molecular complexity index is 2960. The number of fused-ring (bicyclic) bond motifs is 9. The van der Waals surface area contributed by atoms with Crippen LogP contribution in [0.5, 0.6) is 0 Å². The molecule has 3 aliphatic rings. The average molecular weight is 758 g/mol. The summed E-state index contributed by atoms with van der Waals surface area (Å²) in [6.07, 6.45) is 6.06. The van der Waals surface area contributed by atoms with Gasteiger partial charge in [-0.3, -0.25) is 0 Å². The Morgan fingerprint density at radius 2 is 0.895 bits per heavy atom. The molecule has 0 N–H and O–H groups in total. The molecule has 57 heavy (non-hydrogen) atoms. The van der Waals surface area contributed by atoms with Gasteiger partial charge in [0.25, 0.3) is 0 Å². The smallest absolute Gasteiger partial charge is 0.180 e. The highest BCUT2D eigenvalue weighted by atomic mass is 28.3. The van der Waals surface area contributed by atoms with Gasteiger partial charge >= 0.3 is 0 Å². The zero-order chi connectivity index (χ0) is 37.6. The standard InChI is InChI=1S/C54H39NSi2/c1-4-18-38(19-5-1)55-49-34-32-41(56(39-20-6-2-7-21-39)51-28-14-10-24-43(51)44-25-11-15-29-52(44)56)36-47(49)48-37-42(33-35-50(48)55)57(40-22-8-3-9-23-40)53-30-16-12-26-45(53)46-27-13-17-31-54(46)57/h1-36,42H,37H2. The number of nitrogens with zero attached hydrogens (tertiary/aromatic N) is 1. The highest BCUT2D eigenvalue weighted by Crippen LogP contribution is 2.43. The number of para-hydroxylation sites is 1. The van der Waals surface area contributed by atoms with E-state index in [-0.39, 0.29) is 0 Å². The fourth-order valence-electron chi connectivity index (χ4n) is 11.3. The maximum absolute atomic E-state index is 2.68. The molecule has 1 atom stereocenters. The van der Waals surface area contributed by atoms with Gasteiger partial charge in [0, 0.05) is 16.8 Å². The van der Waals surface area contributed by atoms with Crippen LogP contribution in [0.4, 0.5) is 0 Å². The molecule has 9 aromatic rings. The molecule has 8 aromatic carbocycles. The molecule has 3 heterocycles. The Morgan fingerprint density at radius 3 is 1.47 bits per heavy atom. The summed E-state index contributed by atoms with van der Waals surface area (Å²) < 4.78 is 2.53. The van der Waals surface area contributed by atoms with Crippen LogP contribution in [0, 0.1) is 0 Å². The van der Waals surface area contributed by atoms with Crippen LogP contribution < -0.4 is 36.3 Å². The van der Waals surface area contributed by atoms with Crippen molar-refractivity contribution in [2.45, 2.75) is 12.0 Å².